The van der Waals surface area contributed by atoms with E-state index in [1.54, 1.807) is 27.8 Å². The number of hydrogen-bond acceptors (Lipinski definition) is 0. The predicted molar refractivity (Wildman–Crippen MR) is 328 cm³/mol. The molecule has 0 spiro atoms. The van der Waals surface area contributed by atoms with Gasteiger partial charge in [0.1, 0.15) is 0 Å². The van der Waals surface area contributed by atoms with Gasteiger partial charge in [-0.25, -0.2) is 0 Å². The topological polar surface area (TPSA) is 0 Å². The van der Waals surface area contributed by atoms with E-state index >= 15 is 0 Å². The van der Waals surface area contributed by atoms with Crippen LogP contribution in [-0.2, 0) is 43.9 Å². The van der Waals surface area contributed by atoms with E-state index in [0.717, 1.165) is 29.6 Å². The van der Waals surface area contributed by atoms with E-state index in [4.69, 9.17) is 0 Å². The zero-order valence-electron chi connectivity index (χ0n) is 42.3. The molecule has 0 heterocycles. The highest BCUT2D eigenvalue weighted by Gasteiger charge is 2.44. The van der Waals surface area contributed by atoms with Gasteiger partial charge in [0.15, 0.2) is 0 Å². The van der Waals surface area contributed by atoms with E-state index in [1.165, 1.54) is 162 Å². The number of aryl methyl sites for hydroxylation is 8. The van der Waals surface area contributed by atoms with Crippen LogP contribution in [0.2, 0.25) is 0 Å². The van der Waals surface area contributed by atoms with Crippen LogP contribution in [0.1, 0.15) is 142 Å². The monoisotopic (exact) mass is 1280 g/mol. The maximum atomic E-state index is 3.79. The molecule has 8 aromatic rings. The maximum absolute atomic E-state index is 3.79. The minimum absolute atomic E-state index is 0.117. The van der Waals surface area contributed by atoms with Crippen LogP contribution in [-0.4, -0.2) is 5.33 Å². The summed E-state index contributed by atoms with van der Waals surface area (Å²) in [6.07, 6.45) is 19.3. The minimum atomic E-state index is -0.117. The van der Waals surface area contributed by atoms with Crippen molar-refractivity contribution in [2.24, 2.45) is 0 Å². The van der Waals surface area contributed by atoms with Gasteiger partial charge in [0, 0.05) is 34.6 Å². The number of rotatable bonds is 15. The van der Waals surface area contributed by atoms with Gasteiger partial charge in [0.25, 0.3) is 0 Å². The molecule has 12 rings (SSSR count). The number of fused-ring (bicyclic) bond motifs is 8. The average Bonchev–Trinajstić information content (AvgIpc) is 3.82. The Morgan fingerprint density at radius 2 is 0.822 bits per heavy atom. The molecule has 0 aromatic heterocycles. The summed E-state index contributed by atoms with van der Waals surface area (Å²) >= 11 is 18.3. The Labute approximate surface area is 477 Å². The Balaban J connectivity index is 0.000000140. The van der Waals surface area contributed by atoms with Crippen molar-refractivity contribution in [3.8, 4) is 22.3 Å². The molecule has 73 heavy (non-hydrogen) atoms. The van der Waals surface area contributed by atoms with Crippen molar-refractivity contribution in [1.29, 1.82) is 0 Å². The summed E-state index contributed by atoms with van der Waals surface area (Å²) in [7, 11) is 0. The van der Waals surface area contributed by atoms with Gasteiger partial charge in [0.2, 0.25) is 0 Å². The highest BCUT2D eigenvalue weighted by Crippen LogP contribution is 2.56. The lowest BCUT2D eigenvalue weighted by molar-refractivity contribution is 0.511. The summed E-state index contributed by atoms with van der Waals surface area (Å²) in [5, 5.41) is 1.16. The Kier molecular flexibility index (Phi) is 17.3. The molecular formula is C68H65Br5. The van der Waals surface area contributed by atoms with Crippen molar-refractivity contribution in [3.63, 3.8) is 0 Å². The fourth-order valence-corrected chi connectivity index (χ4v) is 13.8. The third-order valence-corrected chi connectivity index (χ3v) is 18.6. The summed E-state index contributed by atoms with van der Waals surface area (Å²) in [6, 6.07) is 59.3. The first kappa shape index (κ1) is 52.6. The average molecular weight is 1280 g/mol. The summed E-state index contributed by atoms with van der Waals surface area (Å²) in [5.41, 5.74) is 25.7. The standard InChI is InChI=1S/C34H32Br2.C20H14Br2.C14H19Br/c1-23-7-13-27(14-8-23)34(19-5-3-2-4-6-24-9-10-25-11-12-26(25)20-24)32-21-28(35)15-17-30(32)31-18-16-29(36)22-33(31)34;1-12-2-4-13(5-3-12)20-18-10-14(21)6-8-16(18)17-9-7-15(22)11-19(17)20;15-10-4-2-1-3-5-12-6-7-13-8-9-14(13)11-12/h7-10,13-18,20-22H,2-6,11-12,19H2,1H3;2-11,20H,1H3;6-7,11H,1-5,8-10H2. The molecule has 4 aliphatic carbocycles. The van der Waals surface area contributed by atoms with Gasteiger partial charge in [0.05, 0.1) is 0 Å². The zero-order valence-corrected chi connectivity index (χ0v) is 50.2. The van der Waals surface area contributed by atoms with Crippen LogP contribution in [0.25, 0.3) is 22.3 Å². The van der Waals surface area contributed by atoms with Gasteiger partial charge in [-0.1, -0.05) is 232 Å². The molecule has 0 fully saturated rings. The van der Waals surface area contributed by atoms with E-state index < -0.39 is 0 Å². The van der Waals surface area contributed by atoms with Gasteiger partial charge < -0.3 is 0 Å². The summed E-state index contributed by atoms with van der Waals surface area (Å²) in [6.45, 7) is 4.31. The van der Waals surface area contributed by atoms with Gasteiger partial charge in [-0.05, 0) is 216 Å². The van der Waals surface area contributed by atoms with Crippen LogP contribution >= 0.6 is 79.6 Å². The molecule has 0 aliphatic heterocycles. The van der Waals surface area contributed by atoms with E-state index in [2.05, 4.69) is 251 Å². The maximum Gasteiger partial charge on any atom is 0.0464 e. The lowest BCUT2D eigenvalue weighted by Gasteiger charge is -2.33. The minimum Gasteiger partial charge on any atom is -0.0928 e. The first-order chi connectivity index (χ1) is 35.6. The van der Waals surface area contributed by atoms with E-state index in [9.17, 15) is 0 Å². The van der Waals surface area contributed by atoms with Crippen LogP contribution in [0.4, 0.5) is 0 Å². The number of alkyl halides is 1. The van der Waals surface area contributed by atoms with Gasteiger partial charge in [-0.3, -0.25) is 0 Å². The van der Waals surface area contributed by atoms with Crippen LogP contribution in [0.5, 0.6) is 0 Å². The fourth-order valence-electron chi connectivity index (χ4n) is 11.9. The molecule has 4 aliphatic rings. The largest absolute Gasteiger partial charge is 0.0928 e. The summed E-state index contributed by atoms with van der Waals surface area (Å²) in [5.74, 6) is 0.306. The normalized spacial score (nSPS) is 13.9. The lowest BCUT2D eigenvalue weighted by Crippen LogP contribution is -2.27. The van der Waals surface area contributed by atoms with Crippen molar-refractivity contribution in [2.45, 2.75) is 121 Å². The molecule has 0 amide bonds. The molecule has 0 nitrogen and oxygen atoms in total. The summed E-state index contributed by atoms with van der Waals surface area (Å²) < 4.78 is 4.58. The molecule has 0 radical (unpaired) electrons. The third-order valence-electron chi connectivity index (χ3n) is 16.1. The van der Waals surface area contributed by atoms with Crippen molar-refractivity contribution in [2.75, 3.05) is 5.33 Å². The van der Waals surface area contributed by atoms with Crippen molar-refractivity contribution >= 4 is 79.6 Å². The van der Waals surface area contributed by atoms with E-state index in [0.29, 0.717) is 5.92 Å². The van der Waals surface area contributed by atoms with Crippen LogP contribution in [0, 0.1) is 13.8 Å². The number of benzene rings is 8. The van der Waals surface area contributed by atoms with Crippen molar-refractivity contribution < 1.29 is 0 Å². The van der Waals surface area contributed by atoms with Gasteiger partial charge >= 0.3 is 0 Å². The highest BCUT2D eigenvalue weighted by atomic mass is 79.9. The highest BCUT2D eigenvalue weighted by molar-refractivity contribution is 9.11. The van der Waals surface area contributed by atoms with E-state index in [-0.39, 0.29) is 5.41 Å². The number of unbranched alkanes of at least 4 members (excludes halogenated alkanes) is 6. The van der Waals surface area contributed by atoms with Gasteiger partial charge in [-0.2, -0.15) is 0 Å². The Hall–Kier alpha value is -3.84. The molecule has 0 N–H and O–H groups in total. The molecular weight excluding hydrogens is 1220 g/mol. The van der Waals surface area contributed by atoms with Gasteiger partial charge in [-0.15, -0.1) is 0 Å². The second-order valence-corrected chi connectivity index (χ2v) is 25.4. The van der Waals surface area contributed by atoms with Crippen LogP contribution in [0.3, 0.4) is 0 Å². The Morgan fingerprint density at radius 3 is 1.27 bits per heavy atom. The lowest BCUT2D eigenvalue weighted by atomic mass is 9.69. The molecule has 0 atom stereocenters. The Morgan fingerprint density at radius 1 is 0.397 bits per heavy atom. The van der Waals surface area contributed by atoms with Crippen molar-refractivity contribution in [3.05, 3.63) is 254 Å². The number of hydrogen-bond donors (Lipinski definition) is 0. The molecule has 0 saturated heterocycles. The second kappa shape index (κ2) is 24.0. The summed E-state index contributed by atoms with van der Waals surface area (Å²) in [4.78, 5) is 0. The fraction of sp³-hybridized carbons (Fsp3) is 0.294. The molecule has 372 valence electrons. The first-order valence-electron chi connectivity index (χ1n) is 26.7. The second-order valence-electron chi connectivity index (χ2n) is 20.9. The number of halogens is 5. The smallest absolute Gasteiger partial charge is 0.0464 e. The molecule has 0 bridgehead atoms. The molecule has 0 saturated carbocycles. The zero-order chi connectivity index (χ0) is 50.5. The Bertz CT molecular complexity index is 3120. The predicted octanol–water partition coefficient (Wildman–Crippen LogP) is 21.1. The van der Waals surface area contributed by atoms with Crippen molar-refractivity contribution in [1.82, 2.24) is 0 Å². The first-order valence-corrected chi connectivity index (χ1v) is 31.0. The van der Waals surface area contributed by atoms with E-state index in [1.807, 2.05) is 0 Å². The SMILES string of the molecule is BrCCCCCCc1ccc2c(c1)CC2.Cc1ccc(C2(CCCCCCc3ccc4c(c3)CC4)c3cc(Br)ccc3-c3ccc(Br)cc32)cc1.Cc1ccc(C2c3cc(Br)ccc3-c3ccc(Br)cc32)cc1. The van der Waals surface area contributed by atoms with Crippen LogP contribution in [0.15, 0.2) is 176 Å². The van der Waals surface area contributed by atoms with Crippen LogP contribution < -0.4 is 0 Å². The molecule has 8 aromatic carbocycles. The molecule has 5 heteroatoms. The molecule has 0 unspecified atom stereocenters. The quantitative estimate of drug-likeness (QED) is 0.0709. The third kappa shape index (κ3) is 11.8.